The molecule has 0 spiro atoms. The van der Waals surface area contributed by atoms with Gasteiger partial charge in [0.1, 0.15) is 5.75 Å². The minimum absolute atomic E-state index is 0.483. The van der Waals surface area contributed by atoms with Gasteiger partial charge in [0, 0.05) is 11.6 Å². The summed E-state index contributed by atoms with van der Waals surface area (Å²) in [5.74, 6) is 0.832. The summed E-state index contributed by atoms with van der Waals surface area (Å²) in [7, 11) is 2.21. The van der Waals surface area contributed by atoms with Crippen LogP contribution >= 0.6 is 0 Å². The maximum absolute atomic E-state index is 9.80. The fraction of sp³-hybridized carbons (Fsp3) is 0.647. The monoisotopic (exact) mass is 277 g/mol. The molecule has 1 aliphatic rings. The van der Waals surface area contributed by atoms with Gasteiger partial charge in [-0.25, -0.2) is 0 Å². The van der Waals surface area contributed by atoms with E-state index in [0.29, 0.717) is 6.04 Å². The predicted molar refractivity (Wildman–Crippen MR) is 82.2 cm³/mol. The molecule has 0 amide bonds. The number of aryl methyl sites for hydroxylation is 1. The van der Waals surface area contributed by atoms with E-state index in [1.165, 1.54) is 31.4 Å². The maximum atomic E-state index is 9.80. The molecule has 1 unspecified atom stereocenters. The van der Waals surface area contributed by atoms with Crippen LogP contribution in [0.2, 0.25) is 0 Å². The number of piperidine rings is 1. The van der Waals surface area contributed by atoms with Crippen molar-refractivity contribution in [3.8, 4) is 5.75 Å². The second-order valence-electron chi connectivity index (χ2n) is 5.98. The molecule has 0 aromatic heterocycles. The zero-order valence-corrected chi connectivity index (χ0v) is 12.9. The number of likely N-dealkylation sites (tertiary alicyclic amines) is 1. The minimum atomic E-state index is -0.483. The predicted octanol–water partition coefficient (Wildman–Crippen LogP) is 3.30. The van der Waals surface area contributed by atoms with Crippen molar-refractivity contribution in [1.82, 2.24) is 4.90 Å². The van der Waals surface area contributed by atoms with E-state index in [1.807, 2.05) is 25.1 Å². The number of ether oxygens (including phenoxy) is 1. The van der Waals surface area contributed by atoms with Crippen LogP contribution in [0.5, 0.6) is 5.75 Å². The highest BCUT2D eigenvalue weighted by Gasteiger charge is 2.19. The van der Waals surface area contributed by atoms with Gasteiger partial charge < -0.3 is 14.7 Å². The van der Waals surface area contributed by atoms with Crippen molar-refractivity contribution >= 4 is 0 Å². The van der Waals surface area contributed by atoms with E-state index >= 15 is 0 Å². The van der Waals surface area contributed by atoms with Crippen LogP contribution in [-0.2, 0) is 0 Å². The Balaban J connectivity index is 1.91. The van der Waals surface area contributed by atoms with Gasteiger partial charge in [-0.1, -0.05) is 18.6 Å². The number of aliphatic hydroxyl groups is 1. The van der Waals surface area contributed by atoms with Crippen LogP contribution in [0, 0.1) is 6.92 Å². The Morgan fingerprint density at radius 1 is 1.40 bits per heavy atom. The molecular weight excluding hydrogens is 250 g/mol. The first-order valence-electron chi connectivity index (χ1n) is 7.69. The van der Waals surface area contributed by atoms with Crippen molar-refractivity contribution < 1.29 is 9.84 Å². The molecule has 3 nitrogen and oxygen atoms in total. The number of aliphatic hydroxyl groups excluding tert-OH is 1. The molecule has 112 valence electrons. The fourth-order valence-electron chi connectivity index (χ4n) is 2.93. The van der Waals surface area contributed by atoms with Crippen LogP contribution in [0.3, 0.4) is 0 Å². The Morgan fingerprint density at radius 3 is 2.90 bits per heavy atom. The third-order valence-corrected chi connectivity index (χ3v) is 4.25. The Hall–Kier alpha value is -1.06. The van der Waals surface area contributed by atoms with E-state index in [-0.39, 0.29) is 0 Å². The SMILES string of the molecule is Cc1ccc([C@H](C)O)c(OCCC2CCCCN2C)c1. The molecule has 1 aromatic carbocycles. The fourth-order valence-corrected chi connectivity index (χ4v) is 2.93. The molecule has 1 saturated heterocycles. The van der Waals surface area contributed by atoms with Gasteiger partial charge in [-0.15, -0.1) is 0 Å². The first kappa shape index (κ1) is 15.3. The van der Waals surface area contributed by atoms with Crippen molar-refractivity contribution in [2.45, 2.75) is 51.7 Å². The second-order valence-corrected chi connectivity index (χ2v) is 5.98. The first-order valence-corrected chi connectivity index (χ1v) is 7.69. The van der Waals surface area contributed by atoms with Gasteiger partial charge in [-0.3, -0.25) is 0 Å². The largest absolute Gasteiger partial charge is 0.493 e. The summed E-state index contributed by atoms with van der Waals surface area (Å²) >= 11 is 0. The van der Waals surface area contributed by atoms with E-state index in [0.717, 1.165) is 24.3 Å². The van der Waals surface area contributed by atoms with Crippen LogP contribution in [0.25, 0.3) is 0 Å². The quantitative estimate of drug-likeness (QED) is 0.896. The maximum Gasteiger partial charge on any atom is 0.125 e. The average Bonchev–Trinajstić information content (AvgIpc) is 2.41. The van der Waals surface area contributed by atoms with Crippen LogP contribution in [0.1, 0.15) is 49.8 Å². The molecule has 0 aliphatic carbocycles. The summed E-state index contributed by atoms with van der Waals surface area (Å²) in [6.07, 6.45) is 4.50. The normalized spacial score (nSPS) is 21.7. The van der Waals surface area contributed by atoms with Crippen molar-refractivity contribution in [2.75, 3.05) is 20.2 Å². The van der Waals surface area contributed by atoms with Gasteiger partial charge in [-0.05, 0) is 58.3 Å². The highest BCUT2D eigenvalue weighted by atomic mass is 16.5. The van der Waals surface area contributed by atoms with Gasteiger partial charge in [0.2, 0.25) is 0 Å². The molecule has 1 fully saturated rings. The highest BCUT2D eigenvalue weighted by Crippen LogP contribution is 2.27. The summed E-state index contributed by atoms with van der Waals surface area (Å²) in [6.45, 7) is 5.76. The lowest BCUT2D eigenvalue weighted by molar-refractivity contribution is 0.149. The Bertz CT molecular complexity index is 431. The van der Waals surface area contributed by atoms with Crippen LogP contribution in [0.15, 0.2) is 18.2 Å². The molecule has 2 rings (SSSR count). The van der Waals surface area contributed by atoms with E-state index in [4.69, 9.17) is 4.74 Å². The van der Waals surface area contributed by atoms with E-state index in [9.17, 15) is 5.11 Å². The Labute approximate surface area is 122 Å². The summed E-state index contributed by atoms with van der Waals surface area (Å²) in [4.78, 5) is 2.44. The summed E-state index contributed by atoms with van der Waals surface area (Å²) in [5, 5.41) is 9.80. The van der Waals surface area contributed by atoms with Gasteiger partial charge >= 0.3 is 0 Å². The number of nitrogens with zero attached hydrogens (tertiary/aromatic N) is 1. The van der Waals surface area contributed by atoms with E-state index in [1.54, 1.807) is 6.92 Å². The van der Waals surface area contributed by atoms with Gasteiger partial charge in [0.15, 0.2) is 0 Å². The van der Waals surface area contributed by atoms with Gasteiger partial charge in [0.05, 0.1) is 12.7 Å². The lowest BCUT2D eigenvalue weighted by Crippen LogP contribution is -2.37. The summed E-state index contributed by atoms with van der Waals surface area (Å²) in [6, 6.07) is 6.64. The molecule has 2 atom stereocenters. The highest BCUT2D eigenvalue weighted by molar-refractivity contribution is 5.38. The molecule has 1 aromatic rings. The number of benzene rings is 1. The molecule has 0 radical (unpaired) electrons. The zero-order valence-electron chi connectivity index (χ0n) is 12.9. The lowest BCUT2D eigenvalue weighted by Gasteiger charge is -2.32. The molecule has 3 heteroatoms. The third kappa shape index (κ3) is 3.97. The van der Waals surface area contributed by atoms with Crippen molar-refractivity contribution in [3.63, 3.8) is 0 Å². The van der Waals surface area contributed by atoms with Gasteiger partial charge in [-0.2, -0.15) is 0 Å². The van der Waals surface area contributed by atoms with Crippen molar-refractivity contribution in [3.05, 3.63) is 29.3 Å². The molecular formula is C17H27NO2. The van der Waals surface area contributed by atoms with Gasteiger partial charge in [0.25, 0.3) is 0 Å². The Kier molecular flexibility index (Phi) is 5.44. The summed E-state index contributed by atoms with van der Waals surface area (Å²) in [5.41, 5.74) is 2.05. The van der Waals surface area contributed by atoms with Crippen LogP contribution in [0.4, 0.5) is 0 Å². The standard InChI is InChI=1S/C17H27NO2/c1-13-7-8-16(14(2)19)17(12-13)20-11-9-15-6-4-5-10-18(15)3/h7-8,12,14-15,19H,4-6,9-11H2,1-3H3/t14-,15?/m0/s1. The van der Waals surface area contributed by atoms with Crippen LogP contribution in [-0.4, -0.2) is 36.2 Å². The molecule has 0 saturated carbocycles. The lowest BCUT2D eigenvalue weighted by atomic mass is 10.0. The number of rotatable bonds is 5. The zero-order chi connectivity index (χ0) is 14.5. The number of hydrogen-bond acceptors (Lipinski definition) is 3. The average molecular weight is 277 g/mol. The molecule has 0 bridgehead atoms. The molecule has 1 aliphatic heterocycles. The Morgan fingerprint density at radius 2 is 2.20 bits per heavy atom. The van der Waals surface area contributed by atoms with E-state index < -0.39 is 6.10 Å². The first-order chi connectivity index (χ1) is 9.58. The molecule has 20 heavy (non-hydrogen) atoms. The third-order valence-electron chi connectivity index (χ3n) is 4.25. The minimum Gasteiger partial charge on any atom is -0.493 e. The smallest absolute Gasteiger partial charge is 0.125 e. The van der Waals surface area contributed by atoms with Crippen molar-refractivity contribution in [2.24, 2.45) is 0 Å². The molecule has 1 heterocycles. The van der Waals surface area contributed by atoms with Crippen LogP contribution < -0.4 is 4.74 Å². The topological polar surface area (TPSA) is 32.7 Å². The molecule has 1 N–H and O–H groups in total. The second kappa shape index (κ2) is 7.09. The number of hydrogen-bond donors (Lipinski definition) is 1. The van der Waals surface area contributed by atoms with Crippen molar-refractivity contribution in [1.29, 1.82) is 0 Å². The summed E-state index contributed by atoms with van der Waals surface area (Å²) < 4.78 is 5.94. The van der Waals surface area contributed by atoms with E-state index in [2.05, 4.69) is 11.9 Å².